The molecule has 0 aromatic heterocycles. The molecule has 0 spiro atoms. The second kappa shape index (κ2) is 6.92. The van der Waals surface area contributed by atoms with Crippen LogP contribution in [-0.4, -0.2) is 24.5 Å². The highest BCUT2D eigenvalue weighted by Gasteiger charge is 2.16. The van der Waals surface area contributed by atoms with E-state index in [0.717, 1.165) is 16.7 Å². The lowest BCUT2D eigenvalue weighted by atomic mass is 10.0. The van der Waals surface area contributed by atoms with Crippen LogP contribution in [-0.2, 0) is 20.7 Å². The van der Waals surface area contributed by atoms with Crippen LogP contribution in [0, 0.1) is 13.8 Å². The highest BCUT2D eigenvalue weighted by atomic mass is 16.5. The van der Waals surface area contributed by atoms with Gasteiger partial charge < -0.3 is 10.1 Å². The van der Waals surface area contributed by atoms with Gasteiger partial charge in [0.25, 0.3) is 0 Å². The summed E-state index contributed by atoms with van der Waals surface area (Å²) in [6.07, 6.45) is 0.275. The van der Waals surface area contributed by atoms with Gasteiger partial charge in [0.1, 0.15) is 6.04 Å². The molecule has 0 heterocycles. The summed E-state index contributed by atoms with van der Waals surface area (Å²) in [4.78, 5) is 23.3. The van der Waals surface area contributed by atoms with Crippen molar-refractivity contribution in [2.24, 2.45) is 0 Å². The summed E-state index contributed by atoms with van der Waals surface area (Å²) in [5.41, 5.74) is 3.17. The highest BCUT2D eigenvalue weighted by molar-refractivity contribution is 5.85. The maximum Gasteiger partial charge on any atom is 0.328 e. The van der Waals surface area contributed by atoms with Crippen LogP contribution in [0.1, 0.15) is 30.5 Å². The van der Waals surface area contributed by atoms with Gasteiger partial charge in [0.2, 0.25) is 5.91 Å². The Labute approximate surface area is 114 Å². The number of carbonyl (C=O) groups is 2. The highest BCUT2D eigenvalue weighted by Crippen LogP contribution is 2.11. The Balaban J connectivity index is 2.60. The Morgan fingerprint density at radius 1 is 1.32 bits per heavy atom. The number of carbonyl (C=O) groups excluding carboxylic acids is 2. The fourth-order valence-corrected chi connectivity index (χ4v) is 1.78. The number of rotatable bonds is 5. The average molecular weight is 263 g/mol. The van der Waals surface area contributed by atoms with E-state index in [1.54, 1.807) is 13.8 Å². The molecule has 1 aromatic rings. The number of nitrogens with one attached hydrogen (secondary N) is 1. The molecule has 0 saturated heterocycles. The molecule has 19 heavy (non-hydrogen) atoms. The van der Waals surface area contributed by atoms with Crippen molar-refractivity contribution in [1.29, 1.82) is 0 Å². The van der Waals surface area contributed by atoms with Crippen LogP contribution in [0.4, 0.5) is 0 Å². The summed E-state index contributed by atoms with van der Waals surface area (Å²) in [6, 6.07) is 5.38. The van der Waals surface area contributed by atoms with Gasteiger partial charge in [-0.3, -0.25) is 4.79 Å². The first-order valence-electron chi connectivity index (χ1n) is 6.46. The van der Waals surface area contributed by atoms with E-state index in [1.165, 1.54) is 0 Å². The Bertz CT molecular complexity index is 468. The van der Waals surface area contributed by atoms with Crippen LogP contribution < -0.4 is 5.32 Å². The van der Waals surface area contributed by atoms with E-state index in [1.807, 2.05) is 32.0 Å². The van der Waals surface area contributed by atoms with E-state index >= 15 is 0 Å². The molecule has 4 heteroatoms. The summed E-state index contributed by atoms with van der Waals surface area (Å²) in [5, 5.41) is 2.65. The van der Waals surface area contributed by atoms with Crippen LogP contribution in [0.5, 0.6) is 0 Å². The first-order chi connectivity index (χ1) is 8.93. The molecule has 1 N–H and O–H groups in total. The molecule has 0 aliphatic heterocycles. The van der Waals surface area contributed by atoms with E-state index in [2.05, 4.69) is 5.32 Å². The molecule has 1 unspecified atom stereocenters. The van der Waals surface area contributed by atoms with Crippen molar-refractivity contribution in [3.63, 3.8) is 0 Å². The SMILES string of the molecule is CCOC(=O)C(C)NC(=O)Cc1cc(C)ccc1C. The fourth-order valence-electron chi connectivity index (χ4n) is 1.78. The zero-order valence-electron chi connectivity index (χ0n) is 11.9. The van der Waals surface area contributed by atoms with Crippen LogP contribution >= 0.6 is 0 Å². The number of benzene rings is 1. The third kappa shape index (κ3) is 4.73. The maximum absolute atomic E-state index is 11.9. The minimum Gasteiger partial charge on any atom is -0.464 e. The smallest absolute Gasteiger partial charge is 0.328 e. The van der Waals surface area contributed by atoms with Crippen molar-refractivity contribution in [3.8, 4) is 0 Å². The Hall–Kier alpha value is -1.84. The lowest BCUT2D eigenvalue weighted by Gasteiger charge is -2.13. The molecule has 104 valence electrons. The maximum atomic E-state index is 11.9. The van der Waals surface area contributed by atoms with E-state index < -0.39 is 12.0 Å². The second-order valence-electron chi connectivity index (χ2n) is 4.65. The Morgan fingerprint density at radius 3 is 2.63 bits per heavy atom. The second-order valence-corrected chi connectivity index (χ2v) is 4.65. The molecule has 1 aromatic carbocycles. The lowest BCUT2D eigenvalue weighted by Crippen LogP contribution is -2.40. The zero-order chi connectivity index (χ0) is 14.4. The number of amides is 1. The molecular weight excluding hydrogens is 242 g/mol. The quantitative estimate of drug-likeness (QED) is 0.826. The van der Waals surface area contributed by atoms with Gasteiger partial charge in [0.05, 0.1) is 13.0 Å². The minimum absolute atomic E-state index is 0.172. The van der Waals surface area contributed by atoms with E-state index in [4.69, 9.17) is 4.74 Å². The molecular formula is C15H21NO3. The van der Waals surface area contributed by atoms with Crippen molar-refractivity contribution in [1.82, 2.24) is 5.32 Å². The molecule has 4 nitrogen and oxygen atoms in total. The summed E-state index contributed by atoms with van der Waals surface area (Å²) < 4.78 is 4.84. The molecule has 0 saturated carbocycles. The number of ether oxygens (including phenoxy) is 1. The van der Waals surface area contributed by atoms with Gasteiger partial charge in [-0.05, 0) is 38.8 Å². The Morgan fingerprint density at radius 2 is 2.00 bits per heavy atom. The topological polar surface area (TPSA) is 55.4 Å². The molecule has 0 radical (unpaired) electrons. The average Bonchev–Trinajstić information content (AvgIpc) is 2.34. The van der Waals surface area contributed by atoms with Gasteiger partial charge in [-0.15, -0.1) is 0 Å². The van der Waals surface area contributed by atoms with Crippen LogP contribution in [0.2, 0.25) is 0 Å². The number of hydrogen-bond donors (Lipinski definition) is 1. The van der Waals surface area contributed by atoms with Crippen LogP contribution in [0.15, 0.2) is 18.2 Å². The van der Waals surface area contributed by atoms with E-state index in [-0.39, 0.29) is 12.3 Å². The molecule has 1 atom stereocenters. The summed E-state index contributed by atoms with van der Waals surface area (Å²) in [6.45, 7) is 7.64. The lowest BCUT2D eigenvalue weighted by molar-refractivity contribution is -0.146. The van der Waals surface area contributed by atoms with Gasteiger partial charge in [-0.1, -0.05) is 23.8 Å². The number of aryl methyl sites for hydroxylation is 2. The predicted octanol–water partition coefficient (Wildman–Crippen LogP) is 1.91. The van der Waals surface area contributed by atoms with E-state index in [0.29, 0.717) is 6.61 Å². The van der Waals surface area contributed by atoms with Gasteiger partial charge in [0.15, 0.2) is 0 Å². The van der Waals surface area contributed by atoms with Crippen molar-refractivity contribution in [3.05, 3.63) is 34.9 Å². The standard InChI is InChI=1S/C15H21NO3/c1-5-19-15(18)12(4)16-14(17)9-13-8-10(2)6-7-11(13)3/h6-8,12H,5,9H2,1-4H3,(H,16,17). The molecule has 0 bridgehead atoms. The van der Waals surface area contributed by atoms with Gasteiger partial charge in [-0.2, -0.15) is 0 Å². The summed E-state index contributed by atoms with van der Waals surface area (Å²) >= 11 is 0. The molecule has 0 aliphatic carbocycles. The zero-order valence-corrected chi connectivity index (χ0v) is 11.9. The minimum atomic E-state index is -0.613. The van der Waals surface area contributed by atoms with Crippen LogP contribution in [0.3, 0.4) is 0 Å². The van der Waals surface area contributed by atoms with Gasteiger partial charge in [-0.25, -0.2) is 4.79 Å². The molecule has 1 amide bonds. The molecule has 0 aliphatic rings. The summed E-state index contributed by atoms with van der Waals surface area (Å²) in [7, 11) is 0. The third-order valence-electron chi connectivity index (χ3n) is 2.87. The molecule has 1 rings (SSSR count). The number of esters is 1. The monoisotopic (exact) mass is 263 g/mol. The Kier molecular flexibility index (Phi) is 5.55. The third-order valence-corrected chi connectivity index (χ3v) is 2.87. The first-order valence-corrected chi connectivity index (χ1v) is 6.46. The molecule has 0 fully saturated rings. The first kappa shape index (κ1) is 15.2. The van der Waals surface area contributed by atoms with Crippen molar-refractivity contribution < 1.29 is 14.3 Å². The largest absolute Gasteiger partial charge is 0.464 e. The van der Waals surface area contributed by atoms with Gasteiger partial charge in [0, 0.05) is 0 Å². The fraction of sp³-hybridized carbons (Fsp3) is 0.467. The number of hydrogen-bond acceptors (Lipinski definition) is 3. The normalized spacial score (nSPS) is 11.8. The summed E-state index contributed by atoms with van der Waals surface area (Å²) in [5.74, 6) is -0.578. The predicted molar refractivity (Wildman–Crippen MR) is 73.9 cm³/mol. The van der Waals surface area contributed by atoms with Crippen molar-refractivity contribution >= 4 is 11.9 Å². The van der Waals surface area contributed by atoms with Crippen molar-refractivity contribution in [2.75, 3.05) is 6.61 Å². The van der Waals surface area contributed by atoms with Gasteiger partial charge >= 0.3 is 5.97 Å². The van der Waals surface area contributed by atoms with E-state index in [9.17, 15) is 9.59 Å². The van der Waals surface area contributed by atoms with Crippen LogP contribution in [0.25, 0.3) is 0 Å². The van der Waals surface area contributed by atoms with Crippen molar-refractivity contribution in [2.45, 2.75) is 40.2 Å².